The van der Waals surface area contributed by atoms with E-state index < -0.39 is 21.7 Å². The maximum atomic E-state index is 13.9. The van der Waals surface area contributed by atoms with Gasteiger partial charge < -0.3 is 19.1 Å². The van der Waals surface area contributed by atoms with E-state index in [0.717, 1.165) is 26.1 Å². The SMILES string of the molecule is COc1cc(C)c(S(=O)(=O)N2CC(C)(C)OCC2COCC(=O)N2CCN(CCCC#N)CC2)c(C)c1. The second kappa shape index (κ2) is 12.5. The highest BCUT2D eigenvalue weighted by Gasteiger charge is 2.42. The van der Waals surface area contributed by atoms with Crippen LogP contribution in [0.4, 0.5) is 0 Å². The van der Waals surface area contributed by atoms with Crippen molar-refractivity contribution in [3.05, 3.63) is 23.3 Å². The third-order valence-electron chi connectivity index (χ3n) is 6.87. The number of nitriles is 1. The van der Waals surface area contributed by atoms with Gasteiger partial charge in [0.15, 0.2) is 0 Å². The Labute approximate surface area is 221 Å². The maximum absolute atomic E-state index is 13.9. The summed E-state index contributed by atoms with van der Waals surface area (Å²) in [5.74, 6) is 0.502. The predicted molar refractivity (Wildman–Crippen MR) is 139 cm³/mol. The van der Waals surface area contributed by atoms with Crippen LogP contribution in [0.5, 0.6) is 5.75 Å². The number of nitrogens with zero attached hydrogens (tertiary/aromatic N) is 4. The topological polar surface area (TPSA) is 112 Å². The Bertz CT molecular complexity index is 1070. The normalized spacial score (nSPS) is 21.0. The number of carbonyl (C=O) groups excluding carboxylic acids is 1. The van der Waals surface area contributed by atoms with Crippen molar-refractivity contribution in [3.8, 4) is 11.8 Å². The van der Waals surface area contributed by atoms with Gasteiger partial charge in [-0.1, -0.05) is 0 Å². The van der Waals surface area contributed by atoms with Gasteiger partial charge in [-0.05, 0) is 63.9 Å². The molecule has 11 heteroatoms. The predicted octanol–water partition coefficient (Wildman–Crippen LogP) is 1.94. The molecule has 2 fully saturated rings. The Balaban J connectivity index is 1.63. The van der Waals surface area contributed by atoms with E-state index in [1.165, 1.54) is 4.31 Å². The number of carbonyl (C=O) groups is 1. The van der Waals surface area contributed by atoms with Gasteiger partial charge in [-0.15, -0.1) is 0 Å². The van der Waals surface area contributed by atoms with Crippen LogP contribution in [0.1, 0.15) is 37.8 Å². The summed E-state index contributed by atoms with van der Waals surface area (Å²) in [4.78, 5) is 17.0. The fourth-order valence-corrected chi connectivity index (χ4v) is 7.06. The van der Waals surface area contributed by atoms with Gasteiger partial charge >= 0.3 is 0 Å². The Hall–Kier alpha value is -2.23. The van der Waals surface area contributed by atoms with E-state index in [4.69, 9.17) is 19.5 Å². The van der Waals surface area contributed by atoms with Crippen LogP contribution >= 0.6 is 0 Å². The van der Waals surface area contributed by atoms with Crippen LogP contribution in [-0.2, 0) is 24.3 Å². The zero-order chi connectivity index (χ0) is 27.2. The Kier molecular flexibility index (Phi) is 9.94. The number of methoxy groups -OCH3 is 1. The molecular weight excluding hydrogens is 496 g/mol. The van der Waals surface area contributed by atoms with Crippen molar-refractivity contribution >= 4 is 15.9 Å². The van der Waals surface area contributed by atoms with Gasteiger partial charge in [0.1, 0.15) is 12.4 Å². The largest absolute Gasteiger partial charge is 0.497 e. The summed E-state index contributed by atoms with van der Waals surface area (Å²) in [5.41, 5.74) is 0.575. The first-order valence-corrected chi connectivity index (χ1v) is 14.2. The minimum atomic E-state index is -3.86. The van der Waals surface area contributed by atoms with Crippen LogP contribution in [0, 0.1) is 25.2 Å². The smallest absolute Gasteiger partial charge is 0.248 e. The summed E-state index contributed by atoms with van der Waals surface area (Å²) < 4.78 is 46.2. The lowest BCUT2D eigenvalue weighted by molar-refractivity contribution is -0.140. The van der Waals surface area contributed by atoms with Crippen molar-refractivity contribution in [2.75, 3.05) is 66.2 Å². The lowest BCUT2D eigenvalue weighted by Gasteiger charge is -2.43. The number of rotatable bonds is 10. The molecule has 0 N–H and O–H groups in total. The van der Waals surface area contributed by atoms with E-state index in [1.807, 2.05) is 13.8 Å². The van der Waals surface area contributed by atoms with Crippen LogP contribution in [0.2, 0.25) is 0 Å². The molecule has 2 heterocycles. The van der Waals surface area contributed by atoms with Gasteiger partial charge in [0.25, 0.3) is 0 Å². The third-order valence-corrected chi connectivity index (χ3v) is 9.07. The molecule has 206 valence electrons. The summed E-state index contributed by atoms with van der Waals surface area (Å²) in [6, 6.07) is 5.05. The van der Waals surface area contributed by atoms with Gasteiger partial charge in [-0.25, -0.2) is 8.42 Å². The molecular formula is C26H40N4O6S. The van der Waals surface area contributed by atoms with E-state index in [-0.39, 0.29) is 37.2 Å². The van der Waals surface area contributed by atoms with E-state index >= 15 is 0 Å². The number of aryl methyl sites for hydroxylation is 2. The van der Waals surface area contributed by atoms with Crippen molar-refractivity contribution in [2.24, 2.45) is 0 Å². The number of ether oxygens (including phenoxy) is 3. The van der Waals surface area contributed by atoms with E-state index in [1.54, 1.807) is 38.0 Å². The molecule has 0 aromatic heterocycles. The van der Waals surface area contributed by atoms with Crippen molar-refractivity contribution in [1.82, 2.24) is 14.1 Å². The molecule has 37 heavy (non-hydrogen) atoms. The van der Waals surface area contributed by atoms with Gasteiger partial charge in [0.2, 0.25) is 15.9 Å². The highest BCUT2D eigenvalue weighted by molar-refractivity contribution is 7.89. The molecule has 0 aliphatic carbocycles. The molecule has 0 saturated carbocycles. The van der Waals surface area contributed by atoms with E-state index in [2.05, 4.69) is 11.0 Å². The monoisotopic (exact) mass is 536 g/mol. The Morgan fingerprint density at radius 2 is 1.84 bits per heavy atom. The number of benzene rings is 1. The average Bonchev–Trinajstić information content (AvgIpc) is 2.84. The molecule has 1 atom stereocenters. The Morgan fingerprint density at radius 1 is 1.19 bits per heavy atom. The average molecular weight is 537 g/mol. The van der Waals surface area contributed by atoms with Gasteiger partial charge in [0.05, 0.1) is 42.9 Å². The minimum absolute atomic E-state index is 0.0590. The second-order valence-corrected chi connectivity index (χ2v) is 12.2. The second-order valence-electron chi connectivity index (χ2n) is 10.4. The number of amides is 1. The highest BCUT2D eigenvalue weighted by atomic mass is 32.2. The van der Waals surface area contributed by atoms with Crippen molar-refractivity contribution in [3.63, 3.8) is 0 Å². The maximum Gasteiger partial charge on any atom is 0.248 e. The fraction of sp³-hybridized carbons (Fsp3) is 0.692. The van der Waals surface area contributed by atoms with Gasteiger partial charge in [-0.2, -0.15) is 9.57 Å². The molecule has 1 aromatic carbocycles. The molecule has 0 bridgehead atoms. The third kappa shape index (κ3) is 7.42. The van der Waals surface area contributed by atoms with Crippen molar-refractivity contribution in [1.29, 1.82) is 5.26 Å². The molecule has 2 aliphatic heterocycles. The summed E-state index contributed by atoms with van der Waals surface area (Å²) in [6.07, 6.45) is 1.38. The fourth-order valence-electron chi connectivity index (χ4n) is 4.90. The van der Waals surface area contributed by atoms with Crippen LogP contribution in [0.15, 0.2) is 17.0 Å². The first kappa shape index (κ1) is 29.3. The molecule has 0 radical (unpaired) electrons. The zero-order valence-electron chi connectivity index (χ0n) is 22.7. The lowest BCUT2D eigenvalue weighted by Crippen LogP contribution is -2.57. The number of sulfonamides is 1. The number of hydrogen-bond acceptors (Lipinski definition) is 8. The van der Waals surface area contributed by atoms with Crippen LogP contribution in [-0.4, -0.2) is 106 Å². The molecule has 1 amide bonds. The molecule has 0 spiro atoms. The number of unbranched alkanes of at least 4 members (excludes halogenated alkanes) is 1. The Morgan fingerprint density at radius 3 is 2.43 bits per heavy atom. The van der Waals surface area contributed by atoms with Gasteiger partial charge in [0, 0.05) is 39.1 Å². The molecule has 10 nitrogen and oxygen atoms in total. The standard InChI is InChI=1S/C26H40N4O6S/c1-20-14-23(34-5)15-21(2)25(20)37(32,33)30-19-26(3,4)36-17-22(30)16-35-18-24(31)29-12-10-28(11-13-29)9-7-6-8-27/h14-15,22H,6-7,9-13,16-19H2,1-5H3. The zero-order valence-corrected chi connectivity index (χ0v) is 23.5. The summed E-state index contributed by atoms with van der Waals surface area (Å²) in [7, 11) is -2.30. The molecule has 1 unspecified atom stereocenters. The summed E-state index contributed by atoms with van der Waals surface area (Å²) in [6.45, 7) is 11.2. The molecule has 1 aromatic rings. The summed E-state index contributed by atoms with van der Waals surface area (Å²) in [5, 5.41) is 8.69. The first-order chi connectivity index (χ1) is 17.5. The lowest BCUT2D eigenvalue weighted by atomic mass is 10.1. The quantitative estimate of drug-likeness (QED) is 0.417. The van der Waals surface area contributed by atoms with Gasteiger partial charge in [-0.3, -0.25) is 9.69 Å². The molecule has 2 saturated heterocycles. The van der Waals surface area contributed by atoms with Crippen LogP contribution in [0.25, 0.3) is 0 Å². The van der Waals surface area contributed by atoms with E-state index in [0.29, 0.717) is 36.4 Å². The van der Waals surface area contributed by atoms with E-state index in [9.17, 15) is 13.2 Å². The highest BCUT2D eigenvalue weighted by Crippen LogP contribution is 2.32. The number of hydrogen-bond donors (Lipinski definition) is 0. The van der Waals surface area contributed by atoms with Crippen LogP contribution in [0.3, 0.4) is 0 Å². The summed E-state index contributed by atoms with van der Waals surface area (Å²) >= 11 is 0. The van der Waals surface area contributed by atoms with Crippen molar-refractivity contribution in [2.45, 2.75) is 57.1 Å². The number of piperazine rings is 1. The molecule has 2 aliphatic rings. The first-order valence-electron chi connectivity index (χ1n) is 12.7. The van der Waals surface area contributed by atoms with Crippen molar-refractivity contribution < 1.29 is 27.4 Å². The van der Waals surface area contributed by atoms with Crippen LogP contribution < -0.4 is 4.74 Å². The number of morpholine rings is 1. The molecule has 3 rings (SSSR count). The minimum Gasteiger partial charge on any atom is -0.497 e.